The number of carbonyl (C=O) groups excluding carboxylic acids is 1. The highest BCUT2D eigenvalue weighted by molar-refractivity contribution is 7.93. The van der Waals surface area contributed by atoms with Gasteiger partial charge in [-0.05, 0) is 48.9 Å². The molecule has 3 aromatic rings. The van der Waals surface area contributed by atoms with Gasteiger partial charge in [-0.15, -0.1) is 0 Å². The van der Waals surface area contributed by atoms with Crippen LogP contribution in [0.25, 0.3) is 0 Å². The van der Waals surface area contributed by atoms with E-state index < -0.39 is 33.3 Å². The van der Waals surface area contributed by atoms with E-state index in [0.717, 1.165) is 5.56 Å². The third-order valence-corrected chi connectivity index (χ3v) is 6.96. The zero-order valence-electron chi connectivity index (χ0n) is 18.1. The lowest BCUT2D eigenvalue weighted by atomic mass is 10.0. The molecular weight excluding hydrogens is 440 g/mol. The van der Waals surface area contributed by atoms with Gasteiger partial charge in [-0.25, -0.2) is 13.8 Å². The fraction of sp³-hybridized carbons (Fsp3) is 0.208. The van der Waals surface area contributed by atoms with Crippen molar-refractivity contribution in [3.05, 3.63) is 90.5 Å². The number of amides is 1. The molecule has 0 bridgehead atoms. The summed E-state index contributed by atoms with van der Waals surface area (Å²) >= 11 is 0. The van der Waals surface area contributed by atoms with Gasteiger partial charge in [0.25, 0.3) is 10.0 Å². The number of rotatable bonds is 8. The first-order chi connectivity index (χ1) is 15.9. The Morgan fingerprint density at radius 1 is 0.879 bits per heavy atom. The van der Waals surface area contributed by atoms with Gasteiger partial charge in [0.05, 0.1) is 5.92 Å². The Morgan fingerprint density at radius 2 is 1.52 bits per heavy atom. The number of nitrogens with one attached hydrogen (secondary N) is 4. The molecule has 1 amide bonds. The first kappa shape index (κ1) is 22.8. The minimum Gasteiger partial charge on any atom is -0.489 e. The van der Waals surface area contributed by atoms with Crippen LogP contribution in [0.1, 0.15) is 12.5 Å². The zero-order chi connectivity index (χ0) is 23.3. The highest BCUT2D eigenvalue weighted by Gasteiger charge is 2.46. The Bertz CT molecular complexity index is 1170. The summed E-state index contributed by atoms with van der Waals surface area (Å²) in [6.07, 6.45) is 0. The predicted molar refractivity (Wildman–Crippen MR) is 128 cm³/mol. The van der Waals surface area contributed by atoms with Gasteiger partial charge >= 0.3 is 0 Å². The van der Waals surface area contributed by atoms with Crippen LogP contribution in [0.4, 0.5) is 11.4 Å². The molecule has 1 aliphatic heterocycles. The van der Waals surface area contributed by atoms with E-state index >= 15 is 0 Å². The molecule has 1 saturated heterocycles. The predicted octanol–water partition coefficient (Wildman–Crippen LogP) is 3.08. The molecule has 9 heteroatoms. The summed E-state index contributed by atoms with van der Waals surface area (Å²) in [6.45, 7) is 2.20. The zero-order valence-corrected chi connectivity index (χ0v) is 18.9. The molecule has 4 rings (SSSR count). The molecule has 3 aromatic carbocycles. The van der Waals surface area contributed by atoms with Crippen LogP contribution in [0.5, 0.6) is 5.75 Å². The van der Waals surface area contributed by atoms with Gasteiger partial charge < -0.3 is 10.1 Å². The van der Waals surface area contributed by atoms with E-state index in [1.165, 1.54) is 0 Å². The van der Waals surface area contributed by atoms with E-state index in [0.29, 0.717) is 23.7 Å². The number of carbonyl (C=O) groups is 1. The number of anilines is 2. The normalized spacial score (nSPS) is 20.2. The molecule has 3 atom stereocenters. The van der Waals surface area contributed by atoms with Gasteiger partial charge in [-0.3, -0.25) is 14.9 Å². The first-order valence-electron chi connectivity index (χ1n) is 10.6. The van der Waals surface area contributed by atoms with E-state index in [2.05, 4.69) is 20.9 Å². The second kappa shape index (κ2) is 10.0. The number of hydrogen-bond donors (Lipinski definition) is 4. The quantitative estimate of drug-likeness (QED) is 0.406. The molecule has 0 radical (unpaired) electrons. The van der Waals surface area contributed by atoms with Crippen LogP contribution in [-0.2, 0) is 21.4 Å². The lowest BCUT2D eigenvalue weighted by Gasteiger charge is -2.21. The summed E-state index contributed by atoms with van der Waals surface area (Å²) in [7, 11) is -3.88. The van der Waals surface area contributed by atoms with Gasteiger partial charge in [-0.1, -0.05) is 48.5 Å². The summed E-state index contributed by atoms with van der Waals surface area (Å²) in [5.41, 5.74) is 7.66. The highest BCUT2D eigenvalue weighted by atomic mass is 32.2. The maximum absolute atomic E-state index is 13.0. The number of para-hydroxylation sites is 1. The lowest BCUT2D eigenvalue weighted by Crippen LogP contribution is -2.45. The fourth-order valence-corrected chi connectivity index (χ4v) is 5.19. The van der Waals surface area contributed by atoms with Gasteiger partial charge in [0, 0.05) is 17.4 Å². The van der Waals surface area contributed by atoms with Crippen LogP contribution in [-0.4, -0.2) is 25.7 Å². The average molecular weight is 467 g/mol. The van der Waals surface area contributed by atoms with Crippen molar-refractivity contribution in [1.29, 1.82) is 0 Å². The maximum atomic E-state index is 13.0. The summed E-state index contributed by atoms with van der Waals surface area (Å²) < 4.78 is 34.2. The van der Waals surface area contributed by atoms with Crippen LogP contribution in [0.15, 0.2) is 84.9 Å². The molecule has 8 nitrogen and oxygen atoms in total. The topological polar surface area (TPSA) is 109 Å². The van der Waals surface area contributed by atoms with E-state index in [1.807, 2.05) is 30.3 Å². The minimum absolute atomic E-state index is 0.393. The molecule has 0 aliphatic carbocycles. The van der Waals surface area contributed by atoms with Crippen molar-refractivity contribution in [2.75, 3.05) is 10.0 Å². The molecule has 172 valence electrons. The summed E-state index contributed by atoms with van der Waals surface area (Å²) in [5.74, 6) is -0.580. The maximum Gasteiger partial charge on any atom is 0.250 e. The largest absolute Gasteiger partial charge is 0.489 e. The van der Waals surface area contributed by atoms with Gasteiger partial charge in [0.15, 0.2) is 5.37 Å². The Kier molecular flexibility index (Phi) is 6.93. The standard InChI is InChI=1S/C24H26N4O4S/c1-17-22(24(27-26-17)33(30,31)28-20-10-6-3-7-11-20)23(29)25-19-12-14-21(15-13-19)32-16-18-8-4-2-5-9-18/h2-15,17,22,24,26-28H,16H2,1H3,(H,25,29). The monoisotopic (exact) mass is 466 g/mol. The van der Waals surface area contributed by atoms with E-state index in [1.54, 1.807) is 61.5 Å². The molecule has 1 aliphatic rings. The number of ether oxygens (including phenoxy) is 1. The number of sulfonamides is 1. The SMILES string of the molecule is CC1NNC(S(=O)(=O)Nc2ccccc2)C1C(=O)Nc1ccc(OCc2ccccc2)cc1. The second-order valence-electron chi connectivity index (χ2n) is 7.82. The van der Waals surface area contributed by atoms with Crippen molar-refractivity contribution in [1.82, 2.24) is 10.9 Å². The van der Waals surface area contributed by atoms with Crippen LogP contribution in [0, 0.1) is 5.92 Å². The molecule has 0 spiro atoms. The molecule has 33 heavy (non-hydrogen) atoms. The highest BCUT2D eigenvalue weighted by Crippen LogP contribution is 2.24. The number of hydrogen-bond acceptors (Lipinski definition) is 6. The summed E-state index contributed by atoms with van der Waals surface area (Å²) in [6, 6.07) is 25.0. The summed E-state index contributed by atoms with van der Waals surface area (Å²) in [4.78, 5) is 13.0. The second-order valence-corrected chi connectivity index (χ2v) is 9.63. The third kappa shape index (κ3) is 5.70. The molecular formula is C24H26N4O4S. The van der Waals surface area contributed by atoms with Crippen LogP contribution in [0.3, 0.4) is 0 Å². The lowest BCUT2D eigenvalue weighted by molar-refractivity contribution is -0.119. The minimum atomic E-state index is -3.88. The fourth-order valence-electron chi connectivity index (χ4n) is 3.63. The van der Waals surface area contributed by atoms with Crippen LogP contribution in [0.2, 0.25) is 0 Å². The van der Waals surface area contributed by atoms with Gasteiger partial charge in [0.2, 0.25) is 5.91 Å². The van der Waals surface area contributed by atoms with Crippen LogP contribution >= 0.6 is 0 Å². The molecule has 4 N–H and O–H groups in total. The first-order valence-corrected chi connectivity index (χ1v) is 12.1. The average Bonchev–Trinajstić information content (AvgIpc) is 3.22. The van der Waals surface area contributed by atoms with Crippen molar-refractivity contribution in [2.45, 2.75) is 24.9 Å². The van der Waals surface area contributed by atoms with Crippen molar-refractivity contribution in [2.24, 2.45) is 5.92 Å². The number of benzene rings is 3. The van der Waals surface area contributed by atoms with Gasteiger partial charge in [-0.2, -0.15) is 0 Å². The van der Waals surface area contributed by atoms with E-state index in [9.17, 15) is 13.2 Å². The summed E-state index contributed by atoms with van der Waals surface area (Å²) in [5, 5.41) is 1.68. The number of hydrazine groups is 1. The van der Waals surface area contributed by atoms with Crippen molar-refractivity contribution >= 4 is 27.3 Å². The molecule has 0 saturated carbocycles. The van der Waals surface area contributed by atoms with Crippen LogP contribution < -0.4 is 25.6 Å². The van der Waals surface area contributed by atoms with E-state index in [-0.39, 0.29) is 0 Å². The van der Waals surface area contributed by atoms with Crippen molar-refractivity contribution in [3.8, 4) is 5.75 Å². The Balaban J connectivity index is 1.40. The molecule has 1 heterocycles. The molecule has 3 unspecified atom stereocenters. The van der Waals surface area contributed by atoms with Gasteiger partial charge in [0.1, 0.15) is 12.4 Å². The molecule has 0 aromatic heterocycles. The smallest absolute Gasteiger partial charge is 0.250 e. The third-order valence-electron chi connectivity index (χ3n) is 5.36. The molecule has 1 fully saturated rings. The van der Waals surface area contributed by atoms with Crippen molar-refractivity contribution < 1.29 is 17.9 Å². The Hall–Kier alpha value is -3.40. The Labute approximate surface area is 193 Å². The Morgan fingerprint density at radius 3 is 2.18 bits per heavy atom. The van der Waals surface area contributed by atoms with Crippen molar-refractivity contribution in [3.63, 3.8) is 0 Å². The van der Waals surface area contributed by atoms with E-state index in [4.69, 9.17) is 4.74 Å².